The molecule has 0 saturated heterocycles. The molecule has 0 amide bonds. The van der Waals surface area contributed by atoms with E-state index in [1.54, 1.807) is 0 Å². The highest BCUT2D eigenvalue weighted by molar-refractivity contribution is 6.28. The van der Waals surface area contributed by atoms with Crippen molar-refractivity contribution in [2.75, 3.05) is 17.2 Å². The molecule has 1 heterocycles. The van der Waals surface area contributed by atoms with Crippen LogP contribution in [-0.2, 0) is 0 Å². The van der Waals surface area contributed by atoms with Crippen LogP contribution in [0.3, 0.4) is 0 Å². The minimum absolute atomic E-state index is 0.0918. The van der Waals surface area contributed by atoms with Crippen molar-refractivity contribution in [1.29, 1.82) is 0 Å². The zero-order valence-electron chi connectivity index (χ0n) is 10.9. The number of benzene rings is 1. The zero-order valence-corrected chi connectivity index (χ0v) is 11.6. The van der Waals surface area contributed by atoms with Gasteiger partial charge in [0.25, 0.3) is 0 Å². The molecule has 0 bridgehead atoms. The number of hydrogen-bond donors (Lipinski definition) is 2. The van der Waals surface area contributed by atoms with E-state index in [1.807, 2.05) is 44.2 Å². The van der Waals surface area contributed by atoms with Gasteiger partial charge in [0.05, 0.1) is 6.04 Å². The Bertz CT molecular complexity index is 532. The lowest BCUT2D eigenvalue weighted by Gasteiger charge is -2.14. The molecule has 5 nitrogen and oxygen atoms in total. The van der Waals surface area contributed by atoms with Gasteiger partial charge < -0.3 is 10.6 Å². The number of nitrogens with zero attached hydrogens (tertiary/aromatic N) is 3. The SMILES string of the molecule is CCNc1nc(Cl)nc(N[C@H](C)c2ccccc2)n1. The van der Waals surface area contributed by atoms with Gasteiger partial charge in [0.2, 0.25) is 17.2 Å². The van der Waals surface area contributed by atoms with Crippen molar-refractivity contribution in [2.24, 2.45) is 0 Å². The lowest BCUT2D eigenvalue weighted by molar-refractivity contribution is 0.853. The van der Waals surface area contributed by atoms with E-state index in [0.29, 0.717) is 11.9 Å². The van der Waals surface area contributed by atoms with Gasteiger partial charge in [-0.3, -0.25) is 0 Å². The number of rotatable bonds is 5. The molecule has 0 radical (unpaired) electrons. The van der Waals surface area contributed by atoms with E-state index >= 15 is 0 Å². The van der Waals surface area contributed by atoms with Gasteiger partial charge in [-0.15, -0.1) is 0 Å². The first-order chi connectivity index (χ1) is 9.19. The molecule has 0 aliphatic rings. The summed E-state index contributed by atoms with van der Waals surface area (Å²) in [7, 11) is 0. The Balaban J connectivity index is 2.14. The molecule has 2 N–H and O–H groups in total. The maximum absolute atomic E-state index is 5.87. The fraction of sp³-hybridized carbons (Fsp3) is 0.308. The van der Waals surface area contributed by atoms with Crippen LogP contribution in [0, 0.1) is 0 Å². The van der Waals surface area contributed by atoms with Crippen LogP contribution in [0.2, 0.25) is 5.28 Å². The largest absolute Gasteiger partial charge is 0.354 e. The predicted octanol–water partition coefficient (Wildman–Crippen LogP) is 3.13. The first kappa shape index (κ1) is 13.5. The minimum Gasteiger partial charge on any atom is -0.354 e. The van der Waals surface area contributed by atoms with E-state index in [1.165, 1.54) is 0 Å². The highest BCUT2D eigenvalue weighted by Gasteiger charge is 2.09. The Morgan fingerprint density at radius 2 is 1.79 bits per heavy atom. The highest BCUT2D eigenvalue weighted by atomic mass is 35.5. The molecule has 0 saturated carbocycles. The zero-order chi connectivity index (χ0) is 13.7. The van der Waals surface area contributed by atoms with Crippen LogP contribution < -0.4 is 10.6 Å². The van der Waals surface area contributed by atoms with Gasteiger partial charge in [0, 0.05) is 6.54 Å². The van der Waals surface area contributed by atoms with E-state index in [0.717, 1.165) is 12.1 Å². The number of halogens is 1. The van der Waals surface area contributed by atoms with Crippen LogP contribution in [-0.4, -0.2) is 21.5 Å². The summed E-state index contributed by atoms with van der Waals surface area (Å²) in [5, 5.41) is 6.40. The topological polar surface area (TPSA) is 62.7 Å². The van der Waals surface area contributed by atoms with E-state index in [-0.39, 0.29) is 11.3 Å². The van der Waals surface area contributed by atoms with Gasteiger partial charge in [0.15, 0.2) is 0 Å². The van der Waals surface area contributed by atoms with Crippen molar-refractivity contribution >= 4 is 23.5 Å². The van der Waals surface area contributed by atoms with Crippen LogP contribution in [0.5, 0.6) is 0 Å². The Kier molecular flexibility index (Phi) is 4.52. The summed E-state index contributed by atoms with van der Waals surface area (Å²) >= 11 is 5.87. The van der Waals surface area contributed by atoms with Crippen LogP contribution >= 0.6 is 11.6 Å². The molecular weight excluding hydrogens is 262 g/mol. The number of nitrogens with one attached hydrogen (secondary N) is 2. The van der Waals surface area contributed by atoms with Crippen molar-refractivity contribution in [1.82, 2.24) is 15.0 Å². The van der Waals surface area contributed by atoms with Crippen LogP contribution in [0.15, 0.2) is 30.3 Å². The van der Waals surface area contributed by atoms with E-state index in [9.17, 15) is 0 Å². The van der Waals surface area contributed by atoms with Crippen molar-refractivity contribution in [3.05, 3.63) is 41.2 Å². The van der Waals surface area contributed by atoms with Gasteiger partial charge >= 0.3 is 0 Å². The van der Waals surface area contributed by atoms with Crippen molar-refractivity contribution in [3.8, 4) is 0 Å². The predicted molar refractivity (Wildman–Crippen MR) is 77.5 cm³/mol. The second-order valence-corrected chi connectivity index (χ2v) is 4.40. The molecule has 1 atom stereocenters. The Labute approximate surface area is 117 Å². The standard InChI is InChI=1S/C13H16ClN5/c1-3-15-12-17-11(14)18-13(19-12)16-9(2)10-7-5-4-6-8-10/h4-9H,3H2,1-2H3,(H2,15,16,17,18,19)/t9-/m1/s1. The first-order valence-electron chi connectivity index (χ1n) is 6.16. The third-order valence-electron chi connectivity index (χ3n) is 2.59. The number of aromatic nitrogens is 3. The molecule has 100 valence electrons. The summed E-state index contributed by atoms with van der Waals surface area (Å²) in [6.45, 7) is 4.74. The molecular formula is C13H16ClN5. The van der Waals surface area contributed by atoms with Crippen LogP contribution in [0.4, 0.5) is 11.9 Å². The lowest BCUT2D eigenvalue weighted by atomic mass is 10.1. The Hall–Kier alpha value is -1.88. The molecule has 0 unspecified atom stereocenters. The summed E-state index contributed by atoms with van der Waals surface area (Å²) in [5.41, 5.74) is 1.16. The molecule has 0 aliphatic heterocycles. The van der Waals surface area contributed by atoms with E-state index in [4.69, 9.17) is 11.6 Å². The molecule has 0 aliphatic carbocycles. The van der Waals surface area contributed by atoms with Gasteiger partial charge in [-0.2, -0.15) is 15.0 Å². The summed E-state index contributed by atoms with van der Waals surface area (Å²) in [4.78, 5) is 12.3. The van der Waals surface area contributed by atoms with Crippen LogP contribution in [0.25, 0.3) is 0 Å². The van der Waals surface area contributed by atoms with Gasteiger partial charge in [-0.1, -0.05) is 30.3 Å². The average molecular weight is 278 g/mol. The fourth-order valence-corrected chi connectivity index (χ4v) is 1.83. The molecule has 6 heteroatoms. The summed E-state index contributed by atoms with van der Waals surface area (Å²) in [5.74, 6) is 0.942. The quantitative estimate of drug-likeness (QED) is 0.879. The second-order valence-electron chi connectivity index (χ2n) is 4.06. The Morgan fingerprint density at radius 3 is 2.47 bits per heavy atom. The van der Waals surface area contributed by atoms with Crippen molar-refractivity contribution < 1.29 is 0 Å². The molecule has 19 heavy (non-hydrogen) atoms. The molecule has 1 aromatic carbocycles. The molecule has 0 spiro atoms. The second kappa shape index (κ2) is 6.33. The summed E-state index contributed by atoms with van der Waals surface area (Å²) in [6.07, 6.45) is 0. The third-order valence-corrected chi connectivity index (χ3v) is 2.76. The van der Waals surface area contributed by atoms with E-state index < -0.39 is 0 Å². The third kappa shape index (κ3) is 3.79. The smallest absolute Gasteiger partial charge is 0.229 e. The minimum atomic E-state index is 0.0918. The maximum Gasteiger partial charge on any atom is 0.229 e. The van der Waals surface area contributed by atoms with Gasteiger partial charge in [0.1, 0.15) is 0 Å². The summed E-state index contributed by atoms with van der Waals surface area (Å²) < 4.78 is 0. The maximum atomic E-state index is 5.87. The van der Waals surface area contributed by atoms with E-state index in [2.05, 4.69) is 25.6 Å². The van der Waals surface area contributed by atoms with Gasteiger partial charge in [-0.25, -0.2) is 0 Å². The first-order valence-corrected chi connectivity index (χ1v) is 6.53. The Morgan fingerprint density at radius 1 is 1.11 bits per heavy atom. The highest BCUT2D eigenvalue weighted by Crippen LogP contribution is 2.18. The molecule has 2 aromatic rings. The molecule has 2 rings (SSSR count). The van der Waals surface area contributed by atoms with Crippen molar-refractivity contribution in [2.45, 2.75) is 19.9 Å². The molecule has 1 aromatic heterocycles. The fourth-order valence-electron chi connectivity index (χ4n) is 1.67. The van der Waals surface area contributed by atoms with Gasteiger partial charge in [-0.05, 0) is 31.0 Å². The monoisotopic (exact) mass is 277 g/mol. The van der Waals surface area contributed by atoms with Crippen molar-refractivity contribution in [3.63, 3.8) is 0 Å². The lowest BCUT2D eigenvalue weighted by Crippen LogP contribution is -2.12. The normalized spacial score (nSPS) is 11.9. The average Bonchev–Trinajstić information content (AvgIpc) is 2.39. The summed E-state index contributed by atoms with van der Waals surface area (Å²) in [6, 6.07) is 10.2. The number of hydrogen-bond acceptors (Lipinski definition) is 5. The number of anilines is 2. The van der Waals surface area contributed by atoms with Crippen LogP contribution in [0.1, 0.15) is 25.5 Å². The molecule has 0 fully saturated rings.